The maximum atomic E-state index is 11.4. The van der Waals surface area contributed by atoms with Gasteiger partial charge in [0.1, 0.15) is 17.2 Å². The van der Waals surface area contributed by atoms with Crippen molar-refractivity contribution in [2.45, 2.75) is 19.1 Å². The second kappa shape index (κ2) is 3.94. The molecule has 7 nitrogen and oxygen atoms in total. The molecule has 0 amide bonds. The van der Waals surface area contributed by atoms with Gasteiger partial charge in [-0.05, 0) is 13.3 Å². The molecule has 0 saturated carbocycles. The van der Waals surface area contributed by atoms with E-state index in [0.717, 1.165) is 0 Å². The molecule has 8 heteroatoms. The van der Waals surface area contributed by atoms with Crippen LogP contribution in [0.3, 0.4) is 0 Å². The molecule has 0 saturated heterocycles. The Hall–Kier alpha value is -1.17. The van der Waals surface area contributed by atoms with Gasteiger partial charge in [0.15, 0.2) is 0 Å². The minimum absolute atomic E-state index is 0.114. The largest absolute Gasteiger partial charge is 0.380 e. The van der Waals surface area contributed by atoms with Crippen molar-refractivity contribution in [1.29, 1.82) is 0 Å². The van der Waals surface area contributed by atoms with E-state index in [1.54, 1.807) is 0 Å². The maximum Gasteiger partial charge on any atom is 0.347 e. The van der Waals surface area contributed by atoms with Gasteiger partial charge in [0.25, 0.3) is 10.9 Å². The highest BCUT2D eigenvalue weighted by atomic mass is 31.2. The highest BCUT2D eigenvalue weighted by Crippen LogP contribution is 2.45. The topological polar surface area (TPSA) is 107 Å². The van der Waals surface area contributed by atoms with Crippen LogP contribution in [0, 0.1) is 0 Å². The average molecular weight is 260 g/mol. The molecule has 1 aliphatic heterocycles. The van der Waals surface area contributed by atoms with Crippen molar-refractivity contribution >= 4 is 19.0 Å². The third-order valence-corrected chi connectivity index (χ3v) is 4.24. The Kier molecular flexibility index (Phi) is 2.85. The normalized spacial score (nSPS) is 18.4. The molecular weight excluding hydrogens is 247 g/mol. The van der Waals surface area contributed by atoms with Crippen LogP contribution in [-0.2, 0) is 4.57 Å². The molecular formula is C9H13N2O5P. The predicted octanol–water partition coefficient (Wildman–Crippen LogP) is -0.572. The predicted molar refractivity (Wildman–Crippen MR) is 63.3 cm³/mol. The van der Waals surface area contributed by atoms with E-state index >= 15 is 0 Å². The van der Waals surface area contributed by atoms with Crippen LogP contribution >= 0.6 is 7.60 Å². The van der Waals surface area contributed by atoms with Crippen molar-refractivity contribution in [3.8, 4) is 0 Å². The Balaban J connectivity index is 2.43. The second-order valence-corrected chi connectivity index (χ2v) is 6.00. The smallest absolute Gasteiger partial charge is 0.347 e. The summed E-state index contributed by atoms with van der Waals surface area (Å²) in [4.78, 5) is 42.3. The summed E-state index contributed by atoms with van der Waals surface area (Å²) >= 11 is 0. The zero-order valence-corrected chi connectivity index (χ0v) is 10.1. The number of rotatable bonds is 2. The van der Waals surface area contributed by atoms with Crippen molar-refractivity contribution in [1.82, 2.24) is 0 Å². The Labute approximate surface area is 96.9 Å². The average Bonchev–Trinajstić information content (AvgIpc) is 2.45. The van der Waals surface area contributed by atoms with Crippen molar-refractivity contribution < 1.29 is 14.4 Å². The summed E-state index contributed by atoms with van der Waals surface area (Å²) < 4.78 is 11.2. The molecule has 0 bridgehead atoms. The van der Waals surface area contributed by atoms with E-state index < -0.39 is 24.2 Å². The zero-order chi connectivity index (χ0) is 12.8. The van der Waals surface area contributed by atoms with Crippen molar-refractivity contribution in [2.75, 3.05) is 23.3 Å². The monoisotopic (exact) mass is 260 g/mol. The SMILES string of the molecule is CC(N1CCCNc2c1c(=O)c2=O)P(=O)(O)O. The molecule has 1 aromatic rings. The third-order valence-electron chi connectivity index (χ3n) is 2.99. The van der Waals surface area contributed by atoms with Gasteiger partial charge in [0, 0.05) is 13.1 Å². The molecule has 0 aromatic heterocycles. The van der Waals surface area contributed by atoms with Gasteiger partial charge in [0.05, 0.1) is 0 Å². The number of hydrogen-bond acceptors (Lipinski definition) is 5. The highest BCUT2D eigenvalue weighted by molar-refractivity contribution is 7.52. The fourth-order valence-corrected chi connectivity index (χ4v) is 2.54. The van der Waals surface area contributed by atoms with Crippen LogP contribution in [0.2, 0.25) is 0 Å². The highest BCUT2D eigenvalue weighted by Gasteiger charge is 2.37. The zero-order valence-electron chi connectivity index (χ0n) is 9.21. The lowest BCUT2D eigenvalue weighted by atomic mass is 10.2. The van der Waals surface area contributed by atoms with Crippen LogP contribution < -0.4 is 21.1 Å². The number of fused-ring (bicyclic) bond motifs is 1. The van der Waals surface area contributed by atoms with Gasteiger partial charge < -0.3 is 20.0 Å². The summed E-state index contributed by atoms with van der Waals surface area (Å²) in [5, 5.41) is 2.81. The lowest BCUT2D eigenvalue weighted by molar-refractivity contribution is 0.358. The molecule has 0 radical (unpaired) electrons. The first-order valence-corrected chi connectivity index (χ1v) is 6.91. The summed E-state index contributed by atoms with van der Waals surface area (Å²) in [6.07, 6.45) is 0.609. The Morgan fingerprint density at radius 1 is 1.35 bits per heavy atom. The summed E-state index contributed by atoms with van der Waals surface area (Å²) in [7, 11) is -4.32. The summed E-state index contributed by atoms with van der Waals surface area (Å²) in [5.74, 6) is -1.09. The molecule has 17 heavy (non-hydrogen) atoms. The molecule has 1 heterocycles. The van der Waals surface area contributed by atoms with Crippen LogP contribution in [0.4, 0.5) is 11.4 Å². The van der Waals surface area contributed by atoms with Crippen molar-refractivity contribution in [3.05, 3.63) is 20.4 Å². The Morgan fingerprint density at radius 3 is 2.59 bits per heavy atom. The minimum Gasteiger partial charge on any atom is -0.380 e. The Bertz CT molecular complexity index is 556. The molecule has 1 unspecified atom stereocenters. The lowest BCUT2D eigenvalue weighted by Crippen LogP contribution is -2.44. The number of nitrogens with one attached hydrogen (secondary N) is 1. The maximum absolute atomic E-state index is 11.4. The number of anilines is 2. The first kappa shape index (κ1) is 12.3. The van der Waals surface area contributed by atoms with Crippen LogP contribution in [0.5, 0.6) is 0 Å². The van der Waals surface area contributed by atoms with Gasteiger partial charge in [-0.2, -0.15) is 0 Å². The van der Waals surface area contributed by atoms with E-state index in [1.165, 1.54) is 11.8 Å². The number of hydrogen-bond donors (Lipinski definition) is 3. The quantitative estimate of drug-likeness (QED) is 0.482. The summed E-state index contributed by atoms with van der Waals surface area (Å²) in [6, 6.07) is 0. The van der Waals surface area contributed by atoms with Crippen LogP contribution in [0.25, 0.3) is 0 Å². The molecule has 1 aliphatic rings. The summed E-state index contributed by atoms with van der Waals surface area (Å²) in [6.45, 7) is 2.21. The molecule has 2 rings (SSSR count). The van der Waals surface area contributed by atoms with E-state index in [-0.39, 0.29) is 11.4 Å². The Morgan fingerprint density at radius 2 is 2.00 bits per heavy atom. The van der Waals surface area contributed by atoms with E-state index in [4.69, 9.17) is 9.79 Å². The van der Waals surface area contributed by atoms with Gasteiger partial charge in [-0.1, -0.05) is 0 Å². The van der Waals surface area contributed by atoms with Crippen LogP contribution in [-0.4, -0.2) is 28.7 Å². The first-order valence-electron chi connectivity index (χ1n) is 5.23. The van der Waals surface area contributed by atoms with Crippen molar-refractivity contribution in [2.24, 2.45) is 0 Å². The molecule has 3 N–H and O–H groups in total. The first-order chi connectivity index (χ1) is 7.84. The van der Waals surface area contributed by atoms with E-state index in [2.05, 4.69) is 5.32 Å². The van der Waals surface area contributed by atoms with Crippen LogP contribution in [0.1, 0.15) is 13.3 Å². The standard InChI is InChI=1S/C9H13N2O5P/c1-5(17(14,15)16)11-4-2-3-10-6-7(11)9(13)8(6)12/h5,10H,2-4H2,1H3,(H2,14,15,16). The molecule has 1 aromatic carbocycles. The minimum atomic E-state index is -4.32. The third kappa shape index (κ3) is 1.90. The molecule has 1 atom stereocenters. The van der Waals surface area contributed by atoms with E-state index in [1.807, 2.05) is 0 Å². The molecule has 94 valence electrons. The van der Waals surface area contributed by atoms with Gasteiger partial charge in [-0.3, -0.25) is 14.2 Å². The second-order valence-electron chi connectivity index (χ2n) is 4.08. The van der Waals surface area contributed by atoms with Crippen LogP contribution in [0.15, 0.2) is 9.59 Å². The van der Waals surface area contributed by atoms with E-state index in [9.17, 15) is 14.2 Å². The van der Waals surface area contributed by atoms with E-state index in [0.29, 0.717) is 19.5 Å². The van der Waals surface area contributed by atoms with Gasteiger partial charge >= 0.3 is 7.60 Å². The van der Waals surface area contributed by atoms with Crippen molar-refractivity contribution in [3.63, 3.8) is 0 Å². The summed E-state index contributed by atoms with van der Waals surface area (Å²) in [5.41, 5.74) is -0.976. The van der Waals surface area contributed by atoms with Gasteiger partial charge in [-0.25, -0.2) is 0 Å². The number of nitrogens with zero attached hydrogens (tertiary/aromatic N) is 1. The lowest BCUT2D eigenvalue weighted by Gasteiger charge is -2.31. The van der Waals surface area contributed by atoms with Gasteiger partial charge in [0.2, 0.25) is 0 Å². The fraction of sp³-hybridized carbons (Fsp3) is 0.556. The fourth-order valence-electron chi connectivity index (χ4n) is 1.95. The molecule has 0 fully saturated rings. The van der Waals surface area contributed by atoms with Gasteiger partial charge in [-0.15, -0.1) is 0 Å². The molecule has 0 spiro atoms. The molecule has 0 aliphatic carbocycles.